The van der Waals surface area contributed by atoms with Crippen molar-refractivity contribution in [2.75, 3.05) is 6.54 Å². The first-order valence-electron chi connectivity index (χ1n) is 11.2. The molecule has 36 heavy (non-hydrogen) atoms. The van der Waals surface area contributed by atoms with Gasteiger partial charge in [0.05, 0.1) is 9.93 Å². The zero-order chi connectivity index (χ0) is 25.2. The van der Waals surface area contributed by atoms with Gasteiger partial charge in [-0.3, -0.25) is 9.69 Å². The molecule has 1 saturated heterocycles. The average molecular weight is 550 g/mol. The summed E-state index contributed by atoms with van der Waals surface area (Å²) in [6, 6.07) is 22.9. The quantitative estimate of drug-likeness (QED) is 0.108. The third-order valence-electron chi connectivity index (χ3n) is 5.70. The molecule has 0 saturated carbocycles. The van der Waals surface area contributed by atoms with Gasteiger partial charge in [-0.05, 0) is 54.3 Å². The second-order valence-corrected chi connectivity index (χ2v) is 11.4. The van der Waals surface area contributed by atoms with E-state index in [1.807, 2.05) is 55.5 Å². The predicted molar refractivity (Wildman–Crippen MR) is 153 cm³/mol. The molecular formula is C28H20ClNO3S3. The van der Waals surface area contributed by atoms with E-state index < -0.39 is 5.97 Å². The number of thiocarbonyl (C=S) groups is 1. The lowest BCUT2D eigenvalue weighted by Crippen LogP contribution is -2.30. The molecule has 1 aromatic heterocycles. The number of rotatable bonds is 6. The van der Waals surface area contributed by atoms with E-state index in [1.54, 1.807) is 35.2 Å². The largest absolute Gasteiger partial charge is 0.422 e. The molecule has 0 aliphatic carbocycles. The molecule has 2 heterocycles. The summed E-state index contributed by atoms with van der Waals surface area (Å²) in [6.07, 6.45) is 2.54. The van der Waals surface area contributed by atoms with Gasteiger partial charge in [0, 0.05) is 16.6 Å². The number of aryl methyl sites for hydroxylation is 1. The lowest BCUT2D eigenvalue weighted by atomic mass is 10.1. The second kappa shape index (κ2) is 10.6. The Morgan fingerprint density at radius 3 is 2.58 bits per heavy atom. The van der Waals surface area contributed by atoms with Gasteiger partial charge in [-0.15, -0.1) is 11.3 Å². The van der Waals surface area contributed by atoms with Crippen LogP contribution in [0.15, 0.2) is 77.7 Å². The molecule has 0 unspecified atom stereocenters. The molecule has 5 rings (SSSR count). The van der Waals surface area contributed by atoms with Crippen molar-refractivity contribution < 1.29 is 14.3 Å². The van der Waals surface area contributed by atoms with Crippen LogP contribution in [0.1, 0.15) is 26.4 Å². The minimum Gasteiger partial charge on any atom is -0.422 e. The number of carbonyl (C=O) groups excluding carboxylic acids is 2. The topological polar surface area (TPSA) is 46.6 Å². The highest BCUT2D eigenvalue weighted by Gasteiger charge is 2.31. The van der Waals surface area contributed by atoms with E-state index in [1.165, 1.54) is 23.1 Å². The van der Waals surface area contributed by atoms with Crippen LogP contribution in [-0.4, -0.2) is 27.6 Å². The van der Waals surface area contributed by atoms with E-state index in [2.05, 4.69) is 0 Å². The summed E-state index contributed by atoms with van der Waals surface area (Å²) in [7, 11) is 0. The van der Waals surface area contributed by atoms with Crippen LogP contribution >= 0.6 is 46.9 Å². The Morgan fingerprint density at radius 1 is 1.08 bits per heavy atom. The first-order chi connectivity index (χ1) is 17.4. The lowest BCUT2D eigenvalue weighted by Gasteiger charge is -2.14. The molecule has 180 valence electrons. The molecule has 1 aliphatic rings. The zero-order valence-corrected chi connectivity index (χ0v) is 22.4. The molecule has 0 radical (unpaired) electrons. The van der Waals surface area contributed by atoms with Crippen LogP contribution in [0.3, 0.4) is 0 Å². The standard InChI is InChI=1S/C28H20ClNO3S3/c1-17-7-12-21-22(15-17)35-25(24(21)29)27(32)33-20-10-8-19(9-11-20)16-23-26(31)30(28(34)36-23)14-13-18-5-3-2-4-6-18/h2-12,15-16H,13-14H2,1H3/b23-16-. The van der Waals surface area contributed by atoms with Gasteiger partial charge >= 0.3 is 5.97 Å². The highest BCUT2D eigenvalue weighted by molar-refractivity contribution is 8.26. The van der Waals surface area contributed by atoms with Crippen molar-refractivity contribution in [3.8, 4) is 5.75 Å². The highest BCUT2D eigenvalue weighted by atomic mass is 35.5. The summed E-state index contributed by atoms with van der Waals surface area (Å²) in [6.45, 7) is 2.54. The van der Waals surface area contributed by atoms with E-state index in [0.717, 1.165) is 33.2 Å². The predicted octanol–water partition coefficient (Wildman–Crippen LogP) is 7.53. The van der Waals surface area contributed by atoms with Crippen molar-refractivity contribution in [2.24, 2.45) is 0 Å². The number of thioether (sulfide) groups is 1. The van der Waals surface area contributed by atoms with Gasteiger partial charge in [0.1, 0.15) is 14.9 Å². The van der Waals surface area contributed by atoms with E-state index >= 15 is 0 Å². The first kappa shape index (κ1) is 24.7. The third kappa shape index (κ3) is 5.25. The Bertz CT molecular complexity index is 1510. The van der Waals surface area contributed by atoms with Crippen LogP contribution in [0.4, 0.5) is 0 Å². The van der Waals surface area contributed by atoms with Crippen molar-refractivity contribution in [1.82, 2.24) is 4.90 Å². The molecular weight excluding hydrogens is 530 g/mol. The number of thiophene rings is 1. The molecule has 4 nitrogen and oxygen atoms in total. The summed E-state index contributed by atoms with van der Waals surface area (Å²) >= 11 is 14.5. The summed E-state index contributed by atoms with van der Waals surface area (Å²) in [4.78, 5) is 28.3. The summed E-state index contributed by atoms with van der Waals surface area (Å²) in [5.74, 6) is -0.186. The molecule has 4 aromatic rings. The third-order valence-corrected chi connectivity index (χ3v) is 8.71. The molecule has 0 bridgehead atoms. The fourth-order valence-corrected chi connectivity index (χ4v) is 6.61. The first-order valence-corrected chi connectivity index (χ1v) is 13.6. The molecule has 1 amide bonds. The number of carbonyl (C=O) groups is 2. The Balaban J connectivity index is 1.25. The van der Waals surface area contributed by atoms with Gasteiger partial charge in [-0.2, -0.15) is 0 Å². The zero-order valence-electron chi connectivity index (χ0n) is 19.2. The van der Waals surface area contributed by atoms with Gasteiger partial charge < -0.3 is 4.74 Å². The fraction of sp³-hybridized carbons (Fsp3) is 0.107. The smallest absolute Gasteiger partial charge is 0.355 e. The number of halogens is 1. The van der Waals surface area contributed by atoms with E-state index in [0.29, 0.717) is 31.4 Å². The summed E-state index contributed by atoms with van der Waals surface area (Å²) < 4.78 is 7.07. The Hall–Kier alpha value is -2.97. The normalized spacial score (nSPS) is 14.7. The number of hydrogen-bond donors (Lipinski definition) is 0. The number of benzene rings is 3. The lowest BCUT2D eigenvalue weighted by molar-refractivity contribution is -0.122. The molecule has 1 aliphatic heterocycles. The van der Waals surface area contributed by atoms with Crippen molar-refractivity contribution in [3.05, 3.63) is 104 Å². The number of amides is 1. The SMILES string of the molecule is Cc1ccc2c(Cl)c(C(=O)Oc3ccc(/C=C4\SC(=S)N(CCc5ccccc5)C4=O)cc3)sc2c1. The van der Waals surface area contributed by atoms with Crippen molar-refractivity contribution in [2.45, 2.75) is 13.3 Å². The van der Waals surface area contributed by atoms with Crippen LogP contribution in [0, 0.1) is 6.92 Å². The maximum atomic E-state index is 12.9. The van der Waals surface area contributed by atoms with E-state index in [-0.39, 0.29) is 5.91 Å². The van der Waals surface area contributed by atoms with Crippen molar-refractivity contribution in [3.63, 3.8) is 0 Å². The van der Waals surface area contributed by atoms with Gasteiger partial charge in [-0.1, -0.05) is 90.2 Å². The second-order valence-electron chi connectivity index (χ2n) is 8.27. The van der Waals surface area contributed by atoms with Gasteiger partial charge in [0.2, 0.25) is 0 Å². The Kier molecular flexibility index (Phi) is 7.25. The number of hydrogen-bond acceptors (Lipinski definition) is 6. The van der Waals surface area contributed by atoms with Crippen molar-refractivity contribution in [1.29, 1.82) is 0 Å². The minimum atomic E-state index is -0.495. The molecule has 8 heteroatoms. The van der Waals surface area contributed by atoms with E-state index in [9.17, 15) is 9.59 Å². The fourth-order valence-electron chi connectivity index (χ4n) is 3.82. The maximum Gasteiger partial charge on any atom is 0.355 e. The number of nitrogens with zero attached hydrogens (tertiary/aromatic N) is 1. The van der Waals surface area contributed by atoms with Crippen molar-refractivity contribution >= 4 is 79.3 Å². The van der Waals surface area contributed by atoms with Crippen LogP contribution in [0.2, 0.25) is 5.02 Å². The van der Waals surface area contributed by atoms with Crippen LogP contribution in [0.25, 0.3) is 16.2 Å². The average Bonchev–Trinajstić information content (AvgIpc) is 3.34. The van der Waals surface area contributed by atoms with E-state index in [4.69, 9.17) is 28.6 Å². The van der Waals surface area contributed by atoms with Crippen LogP contribution < -0.4 is 4.74 Å². The molecule has 1 fully saturated rings. The van der Waals surface area contributed by atoms with Gasteiger partial charge in [0.25, 0.3) is 5.91 Å². The summed E-state index contributed by atoms with van der Waals surface area (Å²) in [5, 5.41) is 1.25. The summed E-state index contributed by atoms with van der Waals surface area (Å²) in [5.41, 5.74) is 3.07. The Labute approximate surface area is 227 Å². The molecule has 0 spiro atoms. The molecule has 0 N–H and O–H groups in total. The van der Waals surface area contributed by atoms with Gasteiger partial charge in [0.15, 0.2) is 0 Å². The monoisotopic (exact) mass is 549 g/mol. The molecule has 3 aromatic carbocycles. The van der Waals surface area contributed by atoms with Gasteiger partial charge in [-0.25, -0.2) is 4.79 Å². The maximum absolute atomic E-state index is 12.9. The van der Waals surface area contributed by atoms with Crippen LogP contribution in [0.5, 0.6) is 5.75 Å². The van der Waals surface area contributed by atoms with Crippen LogP contribution in [-0.2, 0) is 11.2 Å². The number of esters is 1. The Morgan fingerprint density at radius 2 is 1.83 bits per heavy atom. The highest BCUT2D eigenvalue weighted by Crippen LogP contribution is 2.37. The molecule has 0 atom stereocenters. The number of fused-ring (bicyclic) bond motifs is 1. The number of ether oxygens (including phenoxy) is 1. The minimum absolute atomic E-state index is 0.0916.